The van der Waals surface area contributed by atoms with Crippen LogP contribution < -0.4 is 15.2 Å². The second-order valence-electron chi connectivity index (χ2n) is 12.5. The number of nitrogens with one attached hydrogen (secondary N) is 1. The third-order valence-corrected chi connectivity index (χ3v) is 9.52. The van der Waals surface area contributed by atoms with Crippen LogP contribution in [0.4, 0.5) is 0 Å². The van der Waals surface area contributed by atoms with E-state index in [-0.39, 0.29) is 27.4 Å². The second-order valence-corrected chi connectivity index (χ2v) is 14.1. The highest BCUT2D eigenvalue weighted by molar-refractivity contribution is 7.89. The van der Waals surface area contributed by atoms with Gasteiger partial charge >= 0.3 is 0 Å². The van der Waals surface area contributed by atoms with Gasteiger partial charge in [0.1, 0.15) is 11.5 Å². The van der Waals surface area contributed by atoms with Gasteiger partial charge in [-0.25, -0.2) is 13.6 Å². The zero-order valence-electron chi connectivity index (χ0n) is 27.4. The highest BCUT2D eigenvalue weighted by Crippen LogP contribution is 2.38. The van der Waals surface area contributed by atoms with Gasteiger partial charge in [-0.2, -0.15) is 0 Å². The molecule has 7 nitrogen and oxygen atoms in total. The minimum absolute atomic E-state index is 0.0321. The molecule has 0 saturated carbocycles. The molecule has 4 aromatic rings. The van der Waals surface area contributed by atoms with Crippen LogP contribution in [0.3, 0.4) is 0 Å². The predicted molar refractivity (Wildman–Crippen MR) is 184 cm³/mol. The monoisotopic (exact) mass is 632 g/mol. The molecule has 4 rings (SSSR count). The number of primary sulfonamides is 1. The Hall–Kier alpha value is -3.88. The number of phenolic OH excluding ortho intramolecular Hbond substituents is 1. The van der Waals surface area contributed by atoms with E-state index in [4.69, 9.17) is 9.88 Å². The number of unbranched alkanes of at least 4 members (excludes halogenated alkanes) is 1. The van der Waals surface area contributed by atoms with Gasteiger partial charge in [0.2, 0.25) is 10.0 Å². The zero-order chi connectivity index (χ0) is 33.3. The summed E-state index contributed by atoms with van der Waals surface area (Å²) in [6, 6.07) is 25.6. The Kier molecular flexibility index (Phi) is 12.2. The van der Waals surface area contributed by atoms with Crippen LogP contribution in [-0.2, 0) is 20.9 Å². The van der Waals surface area contributed by atoms with Crippen molar-refractivity contribution >= 4 is 26.7 Å². The molecule has 0 unspecified atom stereocenters. The lowest BCUT2D eigenvalue weighted by atomic mass is 9.76. The number of ether oxygens (including phenoxy) is 1. The molecular formula is C37H48N2O5S. The van der Waals surface area contributed by atoms with E-state index in [9.17, 15) is 18.3 Å². The van der Waals surface area contributed by atoms with Crippen molar-refractivity contribution in [1.82, 2.24) is 5.32 Å². The summed E-state index contributed by atoms with van der Waals surface area (Å²) in [5.74, 6) is 0.734. The first-order valence-corrected chi connectivity index (χ1v) is 17.1. The molecule has 8 heteroatoms. The van der Waals surface area contributed by atoms with Crippen molar-refractivity contribution in [3.05, 3.63) is 102 Å². The van der Waals surface area contributed by atoms with Crippen molar-refractivity contribution in [1.29, 1.82) is 0 Å². The number of benzene rings is 4. The highest BCUT2D eigenvalue weighted by Gasteiger charge is 2.26. The number of amides is 1. The van der Waals surface area contributed by atoms with Crippen LogP contribution in [0.15, 0.2) is 89.8 Å². The number of phenols is 1. The van der Waals surface area contributed by atoms with Gasteiger partial charge in [-0.05, 0) is 71.7 Å². The summed E-state index contributed by atoms with van der Waals surface area (Å²) in [6.45, 7) is 14.7. The van der Waals surface area contributed by atoms with Gasteiger partial charge in [-0.3, -0.25) is 4.79 Å². The number of carbonyl (C=O) groups is 1. The topological polar surface area (TPSA) is 119 Å². The van der Waals surface area contributed by atoms with E-state index < -0.39 is 10.0 Å². The Labute approximate surface area is 268 Å². The molecule has 45 heavy (non-hydrogen) atoms. The minimum Gasteiger partial charge on any atom is -0.506 e. The van der Waals surface area contributed by atoms with Crippen molar-refractivity contribution in [2.45, 2.75) is 83.0 Å². The van der Waals surface area contributed by atoms with E-state index in [0.29, 0.717) is 24.1 Å². The summed E-state index contributed by atoms with van der Waals surface area (Å²) in [7, 11) is -3.50. The smallest absolute Gasteiger partial charge is 0.255 e. The number of fused-ring (bicyclic) bond motifs is 1. The van der Waals surface area contributed by atoms with Crippen LogP contribution in [0.5, 0.6) is 11.5 Å². The van der Waals surface area contributed by atoms with E-state index >= 15 is 0 Å². The molecule has 0 heterocycles. The fraction of sp³-hybridized carbons (Fsp3) is 0.378. The van der Waals surface area contributed by atoms with Crippen molar-refractivity contribution in [2.75, 3.05) is 13.2 Å². The molecule has 0 bridgehead atoms. The maximum absolute atomic E-state index is 12.6. The van der Waals surface area contributed by atoms with Crippen LogP contribution in [0.25, 0.3) is 10.8 Å². The molecule has 4 N–H and O–H groups in total. The van der Waals surface area contributed by atoms with Gasteiger partial charge < -0.3 is 15.2 Å². The molecule has 242 valence electrons. The summed E-state index contributed by atoms with van der Waals surface area (Å²) in [5, 5.41) is 19.9. The maximum Gasteiger partial charge on any atom is 0.255 e. The Morgan fingerprint density at radius 3 is 2.11 bits per heavy atom. The summed E-state index contributed by atoms with van der Waals surface area (Å²) in [6.07, 6.45) is 3.75. The van der Waals surface area contributed by atoms with Crippen molar-refractivity contribution in [3.8, 4) is 11.5 Å². The van der Waals surface area contributed by atoms with Crippen LogP contribution in [0.2, 0.25) is 0 Å². The number of rotatable bonds is 12. The average Bonchev–Trinajstić information content (AvgIpc) is 3.03. The third kappa shape index (κ3) is 9.55. The molecule has 0 aliphatic rings. The summed E-state index contributed by atoms with van der Waals surface area (Å²) in [4.78, 5) is 12.7. The quantitative estimate of drug-likeness (QED) is 0.138. The van der Waals surface area contributed by atoms with Crippen LogP contribution >= 0.6 is 0 Å². The van der Waals surface area contributed by atoms with Crippen molar-refractivity contribution in [2.24, 2.45) is 5.14 Å². The number of nitrogens with two attached hydrogens (primary N) is 1. The van der Waals surface area contributed by atoms with Gasteiger partial charge in [0.15, 0.2) is 0 Å². The molecule has 0 aromatic heterocycles. The Morgan fingerprint density at radius 2 is 1.49 bits per heavy atom. The molecular weight excluding hydrogens is 584 g/mol. The van der Waals surface area contributed by atoms with E-state index in [1.807, 2.05) is 30.3 Å². The molecule has 0 radical (unpaired) electrons. The molecule has 0 aliphatic heterocycles. The number of hydrogen-bond acceptors (Lipinski definition) is 5. The number of hydrogen-bond donors (Lipinski definition) is 3. The molecule has 4 aromatic carbocycles. The second kappa shape index (κ2) is 15.4. The minimum atomic E-state index is -3.50. The first-order chi connectivity index (χ1) is 21.2. The van der Waals surface area contributed by atoms with Gasteiger partial charge in [0.25, 0.3) is 5.91 Å². The molecule has 0 fully saturated rings. The molecule has 1 amide bonds. The summed E-state index contributed by atoms with van der Waals surface area (Å²) < 4.78 is 27.5. The molecule has 0 saturated heterocycles. The highest BCUT2D eigenvalue weighted by atomic mass is 32.2. The standard InChI is InChI=1S/C31H41NO3.C6H7NO2S/c1-7-30(3,4)23-16-18-27(26(21-23)31(5,6)8-2)35-20-12-11-19-32-29(34)25-17-15-22-13-9-10-14-24(22)28(25)33;7-10(8,9)6-4-2-1-3-5-6/h9-10,13-18,21,33H,7-8,11-12,19-20H2,1-6H3,(H,32,34);1-5H,(H2,7,8,9). The van der Waals surface area contributed by atoms with Gasteiger partial charge in [0.05, 0.1) is 17.1 Å². The molecule has 0 atom stereocenters. The van der Waals surface area contributed by atoms with E-state index in [2.05, 4.69) is 65.1 Å². The van der Waals surface area contributed by atoms with E-state index in [0.717, 1.165) is 36.8 Å². The first kappa shape index (κ1) is 35.6. The Morgan fingerprint density at radius 1 is 0.844 bits per heavy atom. The number of sulfonamides is 1. The lowest BCUT2D eigenvalue weighted by Crippen LogP contribution is -2.25. The van der Waals surface area contributed by atoms with Crippen LogP contribution in [0.1, 0.15) is 88.7 Å². The van der Waals surface area contributed by atoms with Gasteiger partial charge in [-0.15, -0.1) is 0 Å². The van der Waals surface area contributed by atoms with Gasteiger partial charge in [0, 0.05) is 17.5 Å². The number of carbonyl (C=O) groups excluding carboxylic acids is 1. The van der Waals surface area contributed by atoms with E-state index in [1.165, 1.54) is 23.3 Å². The Balaban J connectivity index is 0.000000468. The van der Waals surface area contributed by atoms with Gasteiger partial charge in [-0.1, -0.05) is 102 Å². The summed E-state index contributed by atoms with van der Waals surface area (Å²) in [5.41, 5.74) is 3.09. The average molecular weight is 633 g/mol. The largest absolute Gasteiger partial charge is 0.506 e. The summed E-state index contributed by atoms with van der Waals surface area (Å²) >= 11 is 0. The van der Waals surface area contributed by atoms with Crippen LogP contribution in [0, 0.1) is 0 Å². The number of aromatic hydroxyl groups is 1. The lowest BCUT2D eigenvalue weighted by Gasteiger charge is -2.30. The molecule has 0 aliphatic carbocycles. The fourth-order valence-electron chi connectivity index (χ4n) is 4.76. The Bertz CT molecular complexity index is 1680. The zero-order valence-corrected chi connectivity index (χ0v) is 28.2. The van der Waals surface area contributed by atoms with E-state index in [1.54, 1.807) is 24.3 Å². The predicted octanol–water partition coefficient (Wildman–Crippen LogP) is 7.84. The third-order valence-electron chi connectivity index (χ3n) is 8.59. The first-order valence-electron chi connectivity index (χ1n) is 15.6. The maximum atomic E-state index is 12.6. The SMILES string of the molecule is CCC(C)(C)c1ccc(OCCCCNC(=O)c2ccc3ccccc3c2O)c(C(C)(C)CC)c1.NS(=O)(=O)c1ccccc1. The fourth-order valence-corrected chi connectivity index (χ4v) is 5.29. The normalized spacial score (nSPS) is 11.9. The van der Waals surface area contributed by atoms with Crippen LogP contribution in [-0.4, -0.2) is 32.6 Å². The van der Waals surface area contributed by atoms with Crippen molar-refractivity contribution < 1.29 is 23.1 Å². The molecule has 0 spiro atoms. The van der Waals surface area contributed by atoms with Crippen molar-refractivity contribution in [3.63, 3.8) is 0 Å². The lowest BCUT2D eigenvalue weighted by molar-refractivity contribution is 0.0950.